The molecule has 3 heterocycles. The monoisotopic (exact) mass is 426 g/mol. The quantitative estimate of drug-likeness (QED) is 0.711. The average molecular weight is 426 g/mol. The van der Waals surface area contributed by atoms with Crippen molar-refractivity contribution in [3.63, 3.8) is 0 Å². The minimum Gasteiger partial charge on any atom is -0.406 e. The molecule has 3 atom stereocenters. The second kappa shape index (κ2) is 8.75. The summed E-state index contributed by atoms with van der Waals surface area (Å²) in [6, 6.07) is 6.77. The van der Waals surface area contributed by atoms with Crippen LogP contribution in [0, 0.1) is 0 Å². The minimum atomic E-state index is -4.66. The van der Waals surface area contributed by atoms with Gasteiger partial charge in [-0.1, -0.05) is 12.1 Å². The van der Waals surface area contributed by atoms with Crippen LogP contribution >= 0.6 is 0 Å². The van der Waals surface area contributed by atoms with Gasteiger partial charge in [0, 0.05) is 38.6 Å². The topological polar surface area (TPSA) is 42.0 Å². The lowest BCUT2D eigenvalue weighted by Gasteiger charge is -2.41. The van der Waals surface area contributed by atoms with Crippen molar-refractivity contribution in [2.75, 3.05) is 13.1 Å². The fourth-order valence-electron chi connectivity index (χ4n) is 5.28. The number of amides is 1. The Balaban J connectivity index is 1.21. The maximum absolute atomic E-state index is 12.3. The number of likely N-dealkylation sites (tertiary alicyclic amines) is 1. The van der Waals surface area contributed by atoms with Gasteiger partial charge in [0.25, 0.3) is 0 Å². The molecule has 0 aromatic heterocycles. The van der Waals surface area contributed by atoms with E-state index in [1.807, 2.05) is 0 Å². The Hall–Kier alpha value is -1.80. The standard InChI is InChI=1S/C22H29F3N2O3/c1-15(28)27-17-4-5-18(27)13-21(12-17)29-19-8-10-26(11-9-19)14-16-2-6-20(7-3-16)30-22(23,24)25/h2-3,6-7,17-19,21H,4-5,8-14H2,1H3/t17-,18+,21?. The number of ether oxygens (including phenoxy) is 2. The minimum absolute atomic E-state index is 0.187. The Labute approximate surface area is 175 Å². The van der Waals surface area contributed by atoms with Crippen molar-refractivity contribution in [1.82, 2.24) is 9.80 Å². The summed E-state index contributed by atoms with van der Waals surface area (Å²) in [6.45, 7) is 4.19. The summed E-state index contributed by atoms with van der Waals surface area (Å²) in [5.74, 6) is -0.00425. The number of carbonyl (C=O) groups is 1. The van der Waals surface area contributed by atoms with Gasteiger partial charge in [0.2, 0.25) is 5.91 Å². The first-order valence-corrected chi connectivity index (χ1v) is 10.8. The first-order chi connectivity index (χ1) is 14.3. The van der Waals surface area contributed by atoms with Crippen LogP contribution in [0.1, 0.15) is 51.0 Å². The number of carbonyl (C=O) groups excluding carboxylic acids is 1. The highest BCUT2D eigenvalue weighted by Crippen LogP contribution is 2.37. The van der Waals surface area contributed by atoms with E-state index >= 15 is 0 Å². The van der Waals surface area contributed by atoms with Crippen molar-refractivity contribution in [3.8, 4) is 5.75 Å². The highest BCUT2D eigenvalue weighted by atomic mass is 19.4. The number of halogens is 3. The lowest BCUT2D eigenvalue weighted by Crippen LogP contribution is -2.49. The molecule has 3 aliphatic heterocycles. The molecule has 5 nitrogen and oxygen atoms in total. The van der Waals surface area contributed by atoms with E-state index in [1.165, 1.54) is 12.1 Å². The van der Waals surface area contributed by atoms with Crippen LogP contribution in [-0.4, -0.2) is 59.5 Å². The number of piperidine rings is 2. The van der Waals surface area contributed by atoms with Crippen molar-refractivity contribution in [1.29, 1.82) is 0 Å². The normalized spacial score (nSPS) is 28.0. The molecule has 30 heavy (non-hydrogen) atoms. The predicted molar refractivity (Wildman–Crippen MR) is 105 cm³/mol. The van der Waals surface area contributed by atoms with E-state index in [0.717, 1.165) is 57.2 Å². The summed E-state index contributed by atoms with van der Waals surface area (Å²) in [6.07, 6.45) is 1.82. The van der Waals surface area contributed by atoms with E-state index in [-0.39, 0.29) is 23.9 Å². The van der Waals surface area contributed by atoms with E-state index in [1.54, 1.807) is 19.1 Å². The first kappa shape index (κ1) is 21.4. The summed E-state index contributed by atoms with van der Waals surface area (Å²) < 4.78 is 47.1. The fourth-order valence-corrected chi connectivity index (χ4v) is 5.28. The molecule has 3 fully saturated rings. The summed E-state index contributed by atoms with van der Waals surface area (Å²) in [7, 11) is 0. The second-order valence-corrected chi connectivity index (χ2v) is 8.71. The molecule has 1 aromatic carbocycles. The average Bonchev–Trinajstić information content (AvgIpc) is 2.95. The number of rotatable bonds is 5. The van der Waals surface area contributed by atoms with Crippen molar-refractivity contribution in [2.24, 2.45) is 0 Å². The van der Waals surface area contributed by atoms with Gasteiger partial charge in [-0.3, -0.25) is 9.69 Å². The Morgan fingerprint density at radius 3 is 2.13 bits per heavy atom. The lowest BCUT2D eigenvalue weighted by atomic mass is 9.98. The van der Waals surface area contributed by atoms with E-state index in [9.17, 15) is 18.0 Å². The summed E-state index contributed by atoms with van der Waals surface area (Å²) in [4.78, 5) is 16.2. The number of nitrogens with zero attached hydrogens (tertiary/aromatic N) is 2. The third-order valence-electron chi connectivity index (χ3n) is 6.54. The van der Waals surface area contributed by atoms with Gasteiger partial charge < -0.3 is 14.4 Å². The van der Waals surface area contributed by atoms with Gasteiger partial charge >= 0.3 is 6.36 Å². The number of benzene rings is 1. The molecular formula is C22H29F3N2O3. The summed E-state index contributed by atoms with van der Waals surface area (Å²) in [5.41, 5.74) is 0.970. The van der Waals surface area contributed by atoms with Gasteiger partial charge in [-0.15, -0.1) is 13.2 Å². The highest BCUT2D eigenvalue weighted by Gasteiger charge is 2.43. The maximum atomic E-state index is 12.3. The molecule has 166 valence electrons. The van der Waals surface area contributed by atoms with Crippen LogP contribution < -0.4 is 4.74 Å². The van der Waals surface area contributed by atoms with Crippen LogP contribution in [0.3, 0.4) is 0 Å². The summed E-state index contributed by atoms with van der Waals surface area (Å²) >= 11 is 0. The molecule has 0 aliphatic carbocycles. The number of hydrogen-bond acceptors (Lipinski definition) is 4. The molecule has 3 aliphatic rings. The van der Waals surface area contributed by atoms with Crippen molar-refractivity contribution in [2.45, 2.75) is 82.6 Å². The van der Waals surface area contributed by atoms with Crippen molar-refractivity contribution in [3.05, 3.63) is 29.8 Å². The van der Waals surface area contributed by atoms with Gasteiger partial charge in [0.1, 0.15) is 5.75 Å². The fraction of sp³-hybridized carbons (Fsp3) is 0.682. The lowest BCUT2D eigenvalue weighted by molar-refractivity contribution is -0.274. The zero-order chi connectivity index (χ0) is 21.3. The van der Waals surface area contributed by atoms with Gasteiger partial charge in [-0.2, -0.15) is 0 Å². The van der Waals surface area contributed by atoms with Gasteiger partial charge in [-0.25, -0.2) is 0 Å². The molecule has 0 radical (unpaired) electrons. The Bertz CT molecular complexity index is 718. The molecule has 2 bridgehead atoms. The number of alkyl halides is 3. The largest absolute Gasteiger partial charge is 0.573 e. The zero-order valence-electron chi connectivity index (χ0n) is 17.2. The SMILES string of the molecule is CC(=O)N1[C@@H]2CC[C@H]1CC(OC1CCN(Cc3ccc(OC(F)(F)F)cc3)CC1)C2. The van der Waals surface area contributed by atoms with Gasteiger partial charge in [0.05, 0.1) is 12.2 Å². The molecule has 3 saturated heterocycles. The van der Waals surface area contributed by atoms with E-state index < -0.39 is 6.36 Å². The molecule has 4 rings (SSSR count). The smallest absolute Gasteiger partial charge is 0.406 e. The molecular weight excluding hydrogens is 397 g/mol. The van der Waals surface area contributed by atoms with Crippen LogP contribution in [0.2, 0.25) is 0 Å². The Kier molecular flexibility index (Phi) is 6.25. The summed E-state index contributed by atoms with van der Waals surface area (Å²) in [5, 5.41) is 0. The maximum Gasteiger partial charge on any atom is 0.573 e. The number of fused-ring (bicyclic) bond motifs is 2. The zero-order valence-corrected chi connectivity index (χ0v) is 17.2. The van der Waals surface area contributed by atoms with Gasteiger partial charge in [-0.05, 0) is 56.2 Å². The molecule has 0 spiro atoms. The predicted octanol–water partition coefficient (Wildman–Crippen LogP) is 4.11. The van der Waals surface area contributed by atoms with Crippen LogP contribution in [-0.2, 0) is 16.1 Å². The van der Waals surface area contributed by atoms with E-state index in [2.05, 4.69) is 14.5 Å². The highest BCUT2D eigenvalue weighted by molar-refractivity contribution is 5.74. The molecule has 8 heteroatoms. The van der Waals surface area contributed by atoms with Gasteiger partial charge in [0.15, 0.2) is 0 Å². The molecule has 1 aromatic rings. The molecule has 1 amide bonds. The third-order valence-corrected chi connectivity index (χ3v) is 6.54. The van der Waals surface area contributed by atoms with Crippen LogP contribution in [0.25, 0.3) is 0 Å². The molecule has 1 unspecified atom stereocenters. The number of hydrogen-bond donors (Lipinski definition) is 0. The van der Waals surface area contributed by atoms with E-state index in [0.29, 0.717) is 18.6 Å². The van der Waals surface area contributed by atoms with Crippen LogP contribution in [0.5, 0.6) is 5.75 Å². The molecule has 0 saturated carbocycles. The van der Waals surface area contributed by atoms with Crippen LogP contribution in [0.4, 0.5) is 13.2 Å². The van der Waals surface area contributed by atoms with E-state index in [4.69, 9.17) is 4.74 Å². The third kappa shape index (κ3) is 5.27. The Morgan fingerprint density at radius 1 is 1.00 bits per heavy atom. The Morgan fingerprint density at radius 2 is 1.60 bits per heavy atom. The van der Waals surface area contributed by atoms with Crippen molar-refractivity contribution < 1.29 is 27.4 Å². The van der Waals surface area contributed by atoms with Crippen molar-refractivity contribution >= 4 is 5.91 Å². The van der Waals surface area contributed by atoms with Crippen LogP contribution in [0.15, 0.2) is 24.3 Å². The molecule has 0 N–H and O–H groups in total. The second-order valence-electron chi connectivity index (χ2n) is 8.71. The first-order valence-electron chi connectivity index (χ1n) is 10.8.